The Kier molecular flexibility index (Phi) is 4.90. The highest BCUT2D eigenvalue weighted by atomic mass is 79.9. The zero-order chi connectivity index (χ0) is 15.4. The van der Waals surface area contributed by atoms with Gasteiger partial charge in [0, 0.05) is 16.2 Å². The average Bonchev–Trinajstić information content (AvgIpc) is 2.43. The van der Waals surface area contributed by atoms with Crippen molar-refractivity contribution in [1.82, 2.24) is 9.97 Å². The predicted octanol–water partition coefficient (Wildman–Crippen LogP) is 3.62. The molecule has 5 nitrogen and oxygen atoms in total. The van der Waals surface area contributed by atoms with Crippen LogP contribution in [0.3, 0.4) is 0 Å². The number of amides is 1. The van der Waals surface area contributed by atoms with Crippen LogP contribution in [0, 0.1) is 6.92 Å². The second kappa shape index (κ2) is 6.67. The summed E-state index contributed by atoms with van der Waals surface area (Å²) in [5, 5.41) is 5.93. The summed E-state index contributed by atoms with van der Waals surface area (Å²) >= 11 is 3.43. The molecule has 21 heavy (non-hydrogen) atoms. The van der Waals surface area contributed by atoms with Gasteiger partial charge < -0.3 is 10.6 Å². The van der Waals surface area contributed by atoms with Crippen LogP contribution in [0.15, 0.2) is 35.1 Å². The first-order valence-electron chi connectivity index (χ1n) is 6.62. The van der Waals surface area contributed by atoms with E-state index < -0.39 is 0 Å². The molecular formula is C15H17BrN4O. The second-order valence-corrected chi connectivity index (χ2v) is 5.86. The number of aryl methyl sites for hydroxylation is 1. The van der Waals surface area contributed by atoms with E-state index in [2.05, 4.69) is 36.5 Å². The number of carbonyl (C=O) groups excluding carboxylic acids is 1. The molecule has 1 aromatic heterocycles. The third-order valence-electron chi connectivity index (χ3n) is 2.74. The van der Waals surface area contributed by atoms with Crippen LogP contribution in [-0.4, -0.2) is 21.9 Å². The summed E-state index contributed by atoms with van der Waals surface area (Å²) in [6.07, 6.45) is 3.02. The Labute approximate surface area is 132 Å². The summed E-state index contributed by atoms with van der Waals surface area (Å²) in [5.41, 5.74) is 2.06. The van der Waals surface area contributed by atoms with Crippen LogP contribution in [0.25, 0.3) is 0 Å². The lowest BCUT2D eigenvalue weighted by atomic mass is 10.2. The second-order valence-electron chi connectivity index (χ2n) is 5.00. The minimum Gasteiger partial charge on any atom is -0.367 e. The zero-order valence-electron chi connectivity index (χ0n) is 12.1. The standard InChI is InChI=1S/C15H17BrN4O/c1-9(2)19-14-8-17-13(7-18-14)15(21)20-11-4-5-12(16)10(3)6-11/h4-9H,1-3H3,(H,18,19)(H,20,21). The molecule has 1 aromatic carbocycles. The van der Waals surface area contributed by atoms with Crippen molar-refractivity contribution in [2.45, 2.75) is 26.8 Å². The number of aromatic nitrogens is 2. The van der Waals surface area contributed by atoms with Gasteiger partial charge in [0.1, 0.15) is 11.5 Å². The lowest BCUT2D eigenvalue weighted by molar-refractivity contribution is 0.102. The molecular weight excluding hydrogens is 332 g/mol. The van der Waals surface area contributed by atoms with Gasteiger partial charge >= 0.3 is 0 Å². The molecule has 110 valence electrons. The molecule has 0 aliphatic heterocycles. The predicted molar refractivity (Wildman–Crippen MR) is 87.6 cm³/mol. The lowest BCUT2D eigenvalue weighted by Crippen LogP contribution is -2.16. The van der Waals surface area contributed by atoms with Crippen molar-refractivity contribution in [2.24, 2.45) is 0 Å². The SMILES string of the molecule is Cc1cc(NC(=O)c2cnc(NC(C)C)cn2)ccc1Br. The molecule has 1 amide bonds. The first-order chi connectivity index (χ1) is 9.95. The van der Waals surface area contributed by atoms with Crippen molar-refractivity contribution in [3.63, 3.8) is 0 Å². The fourth-order valence-electron chi connectivity index (χ4n) is 1.73. The van der Waals surface area contributed by atoms with E-state index in [-0.39, 0.29) is 17.6 Å². The Hall–Kier alpha value is -1.95. The summed E-state index contributed by atoms with van der Waals surface area (Å²) < 4.78 is 1.00. The fourth-order valence-corrected chi connectivity index (χ4v) is 1.98. The number of nitrogens with one attached hydrogen (secondary N) is 2. The van der Waals surface area contributed by atoms with Crippen LogP contribution in [0.4, 0.5) is 11.5 Å². The van der Waals surface area contributed by atoms with Crippen molar-refractivity contribution in [3.05, 3.63) is 46.3 Å². The lowest BCUT2D eigenvalue weighted by Gasteiger charge is -2.09. The van der Waals surface area contributed by atoms with Gasteiger partial charge in [-0.1, -0.05) is 15.9 Å². The van der Waals surface area contributed by atoms with E-state index in [4.69, 9.17) is 0 Å². The summed E-state index contributed by atoms with van der Waals surface area (Å²) in [5.74, 6) is 0.376. The van der Waals surface area contributed by atoms with E-state index in [0.29, 0.717) is 5.82 Å². The van der Waals surface area contributed by atoms with Crippen molar-refractivity contribution in [3.8, 4) is 0 Å². The summed E-state index contributed by atoms with van der Waals surface area (Å²) in [4.78, 5) is 20.4. The maximum Gasteiger partial charge on any atom is 0.275 e. The number of benzene rings is 1. The number of anilines is 2. The molecule has 0 fully saturated rings. The van der Waals surface area contributed by atoms with E-state index >= 15 is 0 Å². The van der Waals surface area contributed by atoms with Crippen LogP contribution in [0.2, 0.25) is 0 Å². The molecule has 2 N–H and O–H groups in total. The smallest absolute Gasteiger partial charge is 0.275 e. The minimum absolute atomic E-state index is 0.268. The van der Waals surface area contributed by atoms with Crippen molar-refractivity contribution < 1.29 is 4.79 Å². The summed E-state index contributed by atoms with van der Waals surface area (Å²) in [6.45, 7) is 5.99. The Morgan fingerprint density at radius 3 is 2.57 bits per heavy atom. The number of hydrogen-bond acceptors (Lipinski definition) is 4. The number of halogens is 1. The Morgan fingerprint density at radius 1 is 1.24 bits per heavy atom. The van der Waals surface area contributed by atoms with Crippen molar-refractivity contribution in [2.75, 3.05) is 10.6 Å². The van der Waals surface area contributed by atoms with Gasteiger partial charge in [-0.3, -0.25) is 4.79 Å². The maximum absolute atomic E-state index is 12.1. The number of nitrogens with zero attached hydrogens (tertiary/aromatic N) is 2. The molecule has 6 heteroatoms. The normalized spacial score (nSPS) is 10.5. The van der Waals surface area contributed by atoms with Crippen molar-refractivity contribution >= 4 is 33.3 Å². The molecule has 2 aromatic rings. The first-order valence-corrected chi connectivity index (χ1v) is 7.41. The topological polar surface area (TPSA) is 66.9 Å². The zero-order valence-corrected chi connectivity index (χ0v) is 13.7. The van der Waals surface area contributed by atoms with Crippen molar-refractivity contribution in [1.29, 1.82) is 0 Å². The molecule has 0 aliphatic carbocycles. The largest absolute Gasteiger partial charge is 0.367 e. The van der Waals surface area contributed by atoms with Gasteiger partial charge in [-0.25, -0.2) is 9.97 Å². The third-order valence-corrected chi connectivity index (χ3v) is 3.63. The molecule has 2 rings (SSSR count). The first kappa shape index (κ1) is 15.4. The number of carbonyl (C=O) groups is 1. The molecule has 1 heterocycles. The Morgan fingerprint density at radius 2 is 2.00 bits per heavy atom. The van der Waals surface area contributed by atoms with Gasteiger partial charge in [0.15, 0.2) is 0 Å². The number of hydrogen-bond donors (Lipinski definition) is 2. The van der Waals surface area contributed by atoms with Gasteiger partial charge in [-0.15, -0.1) is 0 Å². The highest BCUT2D eigenvalue weighted by Gasteiger charge is 2.09. The quantitative estimate of drug-likeness (QED) is 0.885. The molecule has 0 spiro atoms. The maximum atomic E-state index is 12.1. The van der Waals surface area contributed by atoms with Crippen LogP contribution in [0.1, 0.15) is 29.9 Å². The van der Waals surface area contributed by atoms with Crippen LogP contribution in [0.5, 0.6) is 0 Å². The molecule has 0 unspecified atom stereocenters. The fraction of sp³-hybridized carbons (Fsp3) is 0.267. The summed E-state index contributed by atoms with van der Waals surface area (Å²) in [6, 6.07) is 5.89. The Bertz CT molecular complexity index is 641. The monoisotopic (exact) mass is 348 g/mol. The van der Waals surface area contributed by atoms with Gasteiger partial charge in [0.2, 0.25) is 0 Å². The van der Waals surface area contributed by atoms with E-state index in [9.17, 15) is 4.79 Å². The van der Waals surface area contributed by atoms with E-state index in [1.165, 1.54) is 6.20 Å². The van der Waals surface area contributed by atoms with Gasteiger partial charge in [0.25, 0.3) is 5.91 Å². The van der Waals surface area contributed by atoms with E-state index in [1.54, 1.807) is 6.20 Å². The van der Waals surface area contributed by atoms with Crippen LogP contribution < -0.4 is 10.6 Å². The molecule has 0 bridgehead atoms. The van der Waals surface area contributed by atoms with E-state index in [0.717, 1.165) is 15.7 Å². The number of rotatable bonds is 4. The molecule has 0 atom stereocenters. The van der Waals surface area contributed by atoms with Gasteiger partial charge in [-0.2, -0.15) is 0 Å². The third kappa shape index (κ3) is 4.26. The van der Waals surface area contributed by atoms with Crippen LogP contribution >= 0.6 is 15.9 Å². The summed E-state index contributed by atoms with van der Waals surface area (Å²) in [7, 11) is 0. The average molecular weight is 349 g/mol. The molecule has 0 aliphatic rings. The molecule has 0 saturated heterocycles. The van der Waals surface area contributed by atoms with Gasteiger partial charge in [-0.05, 0) is 44.5 Å². The van der Waals surface area contributed by atoms with E-state index in [1.807, 2.05) is 39.0 Å². The molecule has 0 radical (unpaired) electrons. The van der Waals surface area contributed by atoms with Crippen LogP contribution in [-0.2, 0) is 0 Å². The highest BCUT2D eigenvalue weighted by molar-refractivity contribution is 9.10. The highest BCUT2D eigenvalue weighted by Crippen LogP contribution is 2.20. The minimum atomic E-state index is -0.277. The Balaban J connectivity index is 2.07. The van der Waals surface area contributed by atoms with Gasteiger partial charge in [0.05, 0.1) is 12.4 Å². The molecule has 0 saturated carbocycles.